The molecule has 1 heterocycles. The summed E-state index contributed by atoms with van der Waals surface area (Å²) in [5.41, 5.74) is 1.11. The molecule has 132 valence electrons. The van der Waals surface area contributed by atoms with E-state index in [1.165, 1.54) is 11.3 Å². The van der Waals surface area contributed by atoms with Crippen LogP contribution < -0.4 is 10.6 Å². The van der Waals surface area contributed by atoms with E-state index in [2.05, 4.69) is 31.6 Å². The first-order valence-electron chi connectivity index (χ1n) is 7.28. The third-order valence-electron chi connectivity index (χ3n) is 3.04. The van der Waals surface area contributed by atoms with E-state index >= 15 is 0 Å². The van der Waals surface area contributed by atoms with E-state index < -0.39 is 6.10 Å². The maximum Gasteiger partial charge on any atom is 0.191 e. The van der Waals surface area contributed by atoms with Gasteiger partial charge >= 0.3 is 0 Å². The molecule has 4 nitrogen and oxygen atoms in total. The molecule has 0 aliphatic carbocycles. The van der Waals surface area contributed by atoms with Crippen LogP contribution >= 0.6 is 62.8 Å². The number of aliphatic hydroxyl groups is 1. The van der Waals surface area contributed by atoms with Gasteiger partial charge in [0.1, 0.15) is 6.10 Å². The average molecular weight is 545 g/mol. The van der Waals surface area contributed by atoms with Crippen LogP contribution in [0.1, 0.15) is 23.5 Å². The molecule has 0 bridgehead atoms. The molecule has 0 spiro atoms. The lowest BCUT2D eigenvalue weighted by molar-refractivity contribution is 0.184. The van der Waals surface area contributed by atoms with Crippen LogP contribution in [0.2, 0.25) is 4.34 Å². The molecule has 0 aliphatic heterocycles. The Morgan fingerprint density at radius 1 is 1.33 bits per heavy atom. The van der Waals surface area contributed by atoms with E-state index in [0.29, 0.717) is 23.4 Å². The predicted octanol–water partition coefficient (Wildman–Crippen LogP) is 4.57. The van der Waals surface area contributed by atoms with E-state index in [0.717, 1.165) is 21.5 Å². The van der Waals surface area contributed by atoms with Crippen LogP contribution in [-0.4, -0.2) is 24.2 Å². The van der Waals surface area contributed by atoms with Crippen molar-refractivity contribution >= 4 is 68.8 Å². The van der Waals surface area contributed by atoms with Crippen LogP contribution in [0.15, 0.2) is 45.9 Å². The molecule has 2 aromatic rings. The maximum atomic E-state index is 10.2. The monoisotopic (exact) mass is 543 g/mol. The number of rotatable bonds is 6. The van der Waals surface area contributed by atoms with Crippen LogP contribution in [0.25, 0.3) is 0 Å². The summed E-state index contributed by atoms with van der Waals surface area (Å²) in [6.45, 7) is 3.70. The fourth-order valence-corrected chi connectivity index (χ4v) is 3.44. The van der Waals surface area contributed by atoms with Crippen molar-refractivity contribution in [3.8, 4) is 0 Å². The molecule has 0 saturated carbocycles. The van der Waals surface area contributed by atoms with Gasteiger partial charge in [0.15, 0.2) is 5.96 Å². The summed E-state index contributed by atoms with van der Waals surface area (Å²) in [5.74, 6) is 0.675. The second-order valence-electron chi connectivity index (χ2n) is 4.86. The van der Waals surface area contributed by atoms with Gasteiger partial charge in [-0.25, -0.2) is 4.99 Å². The smallest absolute Gasteiger partial charge is 0.191 e. The fourth-order valence-electron chi connectivity index (χ4n) is 1.95. The van der Waals surface area contributed by atoms with Crippen molar-refractivity contribution in [1.82, 2.24) is 10.6 Å². The summed E-state index contributed by atoms with van der Waals surface area (Å²) < 4.78 is 1.71. The molecule has 3 N–H and O–H groups in total. The maximum absolute atomic E-state index is 10.2. The Morgan fingerprint density at radius 2 is 2.12 bits per heavy atom. The van der Waals surface area contributed by atoms with Crippen LogP contribution in [-0.2, 0) is 6.54 Å². The molecule has 1 aromatic heterocycles. The van der Waals surface area contributed by atoms with Crippen molar-refractivity contribution in [2.45, 2.75) is 19.6 Å². The van der Waals surface area contributed by atoms with Gasteiger partial charge in [-0.05, 0) is 36.8 Å². The van der Waals surface area contributed by atoms with Gasteiger partial charge < -0.3 is 15.7 Å². The topological polar surface area (TPSA) is 56.7 Å². The molecular formula is C16H20BrClIN3OS. The van der Waals surface area contributed by atoms with Gasteiger partial charge in [-0.3, -0.25) is 0 Å². The van der Waals surface area contributed by atoms with Gasteiger partial charge in [-0.15, -0.1) is 35.3 Å². The molecule has 8 heteroatoms. The number of halogens is 3. The van der Waals surface area contributed by atoms with E-state index in [1.54, 1.807) is 6.07 Å². The van der Waals surface area contributed by atoms with Gasteiger partial charge in [0.25, 0.3) is 0 Å². The first-order valence-corrected chi connectivity index (χ1v) is 9.27. The quantitative estimate of drug-likeness (QED) is 0.284. The van der Waals surface area contributed by atoms with Crippen molar-refractivity contribution in [2.24, 2.45) is 4.99 Å². The van der Waals surface area contributed by atoms with Gasteiger partial charge in [0.05, 0.1) is 10.9 Å². The minimum absolute atomic E-state index is 0. The van der Waals surface area contributed by atoms with E-state index in [1.807, 2.05) is 37.3 Å². The van der Waals surface area contributed by atoms with Crippen molar-refractivity contribution < 1.29 is 5.11 Å². The number of benzene rings is 1. The number of aliphatic imine (C=N–C) groups is 1. The van der Waals surface area contributed by atoms with Gasteiger partial charge in [-0.2, -0.15) is 0 Å². The van der Waals surface area contributed by atoms with E-state index in [-0.39, 0.29) is 24.0 Å². The zero-order valence-corrected chi connectivity index (χ0v) is 18.6. The Hall–Kier alpha value is -0.350. The molecule has 0 aliphatic rings. The Labute approximate surface area is 176 Å². The predicted molar refractivity (Wildman–Crippen MR) is 117 cm³/mol. The number of hydrogen-bond acceptors (Lipinski definition) is 3. The molecule has 0 amide bonds. The van der Waals surface area contributed by atoms with Crippen molar-refractivity contribution in [1.29, 1.82) is 0 Å². The second-order valence-corrected chi connectivity index (χ2v) is 7.53. The SMILES string of the molecule is CCNC(=NCc1cccc(Br)c1)NCC(O)c1ccc(Cl)s1.I. The zero-order chi connectivity index (χ0) is 16.7. The van der Waals surface area contributed by atoms with E-state index in [4.69, 9.17) is 11.6 Å². The highest BCUT2D eigenvalue weighted by atomic mass is 127. The summed E-state index contributed by atoms with van der Waals surface area (Å²) in [5, 5.41) is 16.5. The molecule has 0 radical (unpaired) electrons. The number of nitrogens with zero attached hydrogens (tertiary/aromatic N) is 1. The first-order chi connectivity index (χ1) is 11.1. The molecule has 0 saturated heterocycles. The number of guanidine groups is 1. The van der Waals surface area contributed by atoms with Gasteiger partial charge in [0, 0.05) is 22.4 Å². The molecule has 1 aromatic carbocycles. The lowest BCUT2D eigenvalue weighted by Gasteiger charge is -2.14. The Kier molecular flexibility index (Phi) is 10.2. The van der Waals surface area contributed by atoms with Crippen molar-refractivity contribution in [3.63, 3.8) is 0 Å². The first kappa shape index (κ1) is 21.7. The second kappa shape index (κ2) is 11.3. The normalized spacial score (nSPS) is 12.4. The molecule has 0 fully saturated rings. The van der Waals surface area contributed by atoms with Crippen molar-refractivity contribution in [2.75, 3.05) is 13.1 Å². The lowest BCUT2D eigenvalue weighted by atomic mass is 10.2. The zero-order valence-electron chi connectivity index (χ0n) is 13.1. The molecule has 1 unspecified atom stereocenters. The molecular weight excluding hydrogens is 525 g/mol. The minimum atomic E-state index is -0.609. The third-order valence-corrected chi connectivity index (χ3v) is 4.86. The van der Waals surface area contributed by atoms with Crippen LogP contribution in [0.5, 0.6) is 0 Å². The summed E-state index contributed by atoms with van der Waals surface area (Å²) >= 11 is 10.7. The Bertz CT molecular complexity index is 668. The van der Waals surface area contributed by atoms with Crippen LogP contribution in [0.4, 0.5) is 0 Å². The number of aliphatic hydroxyl groups excluding tert-OH is 1. The largest absolute Gasteiger partial charge is 0.386 e. The van der Waals surface area contributed by atoms with E-state index in [9.17, 15) is 5.11 Å². The highest BCUT2D eigenvalue weighted by Crippen LogP contribution is 2.26. The summed E-state index contributed by atoms with van der Waals surface area (Å²) in [7, 11) is 0. The van der Waals surface area contributed by atoms with Gasteiger partial charge in [-0.1, -0.05) is 39.7 Å². The number of nitrogens with one attached hydrogen (secondary N) is 2. The number of thiophene rings is 1. The van der Waals surface area contributed by atoms with Gasteiger partial charge in [0.2, 0.25) is 0 Å². The standard InChI is InChI=1S/C16H19BrClN3OS.HI/c1-2-19-16(20-9-11-4-3-5-12(17)8-11)21-10-13(22)14-6-7-15(18)23-14;/h3-8,13,22H,2,9-10H2,1H3,(H2,19,20,21);1H. The van der Waals surface area contributed by atoms with Crippen LogP contribution in [0.3, 0.4) is 0 Å². The molecule has 1 atom stereocenters. The Balaban J connectivity index is 0.00000288. The molecule has 24 heavy (non-hydrogen) atoms. The summed E-state index contributed by atoms with van der Waals surface area (Å²) in [4.78, 5) is 5.37. The lowest BCUT2D eigenvalue weighted by Crippen LogP contribution is -2.39. The average Bonchev–Trinajstić information content (AvgIpc) is 2.96. The highest BCUT2D eigenvalue weighted by molar-refractivity contribution is 14.0. The minimum Gasteiger partial charge on any atom is -0.386 e. The third kappa shape index (κ3) is 7.26. The highest BCUT2D eigenvalue weighted by Gasteiger charge is 2.10. The molecule has 2 rings (SSSR count). The van der Waals surface area contributed by atoms with Crippen molar-refractivity contribution in [3.05, 3.63) is 55.6 Å². The fraction of sp³-hybridized carbons (Fsp3) is 0.312. The summed E-state index contributed by atoms with van der Waals surface area (Å²) in [6.07, 6.45) is -0.609. The summed E-state index contributed by atoms with van der Waals surface area (Å²) in [6, 6.07) is 11.7. The number of hydrogen-bond donors (Lipinski definition) is 3. The Morgan fingerprint density at radius 3 is 2.75 bits per heavy atom. The van der Waals surface area contributed by atoms with Crippen LogP contribution in [0, 0.1) is 0 Å².